The number of sulfonamides is 2. The van der Waals surface area contributed by atoms with Crippen LogP contribution in [-0.2, 0) is 49.2 Å². The average molecular weight is 1080 g/mol. The van der Waals surface area contributed by atoms with E-state index in [0.717, 1.165) is 15.3 Å². The Morgan fingerprint density at radius 3 is 1.82 bits per heavy atom. The van der Waals surface area contributed by atoms with Gasteiger partial charge in [0.15, 0.2) is 0 Å². The first-order valence-electron chi connectivity index (χ1n) is 23.7. The number of amides is 3. The van der Waals surface area contributed by atoms with Crippen LogP contribution in [-0.4, -0.2) is 113 Å². The molecule has 7 rings (SSSR count). The van der Waals surface area contributed by atoms with E-state index in [9.17, 15) is 19.5 Å². The number of hydrogen-bond donors (Lipinski definition) is 4. The Morgan fingerprint density at radius 2 is 1.30 bits per heavy atom. The van der Waals surface area contributed by atoms with Crippen molar-refractivity contribution in [3.8, 4) is 39.8 Å². The lowest BCUT2D eigenvalue weighted by Gasteiger charge is -2.30. The number of H-pyrrole nitrogens is 1. The third-order valence-electron chi connectivity index (χ3n) is 11.6. The van der Waals surface area contributed by atoms with Crippen molar-refractivity contribution in [2.75, 3.05) is 26.2 Å². The molecule has 0 fully saturated rings. The van der Waals surface area contributed by atoms with E-state index in [1.54, 1.807) is 133 Å². The van der Waals surface area contributed by atoms with E-state index in [2.05, 4.69) is 20.6 Å². The summed E-state index contributed by atoms with van der Waals surface area (Å²) in [5.74, 6) is 0.0953. The van der Waals surface area contributed by atoms with Crippen LogP contribution in [0, 0.1) is 0 Å². The normalized spacial score (nSPS) is 12.5. The summed E-state index contributed by atoms with van der Waals surface area (Å²) in [4.78, 5) is 47.5. The highest BCUT2D eigenvalue weighted by molar-refractivity contribution is 7.92. The molecule has 3 amide bonds. The summed E-state index contributed by atoms with van der Waals surface area (Å²) in [5.41, 5.74) is 0.226. The van der Waals surface area contributed by atoms with E-state index in [4.69, 9.17) is 29.0 Å². The van der Waals surface area contributed by atoms with Gasteiger partial charge >= 0.3 is 12.2 Å². The first kappa shape index (κ1) is 55.7. The van der Waals surface area contributed by atoms with Crippen LogP contribution in [0.4, 0.5) is 15.5 Å². The van der Waals surface area contributed by atoms with Gasteiger partial charge in [-0.05, 0) is 124 Å². The molecule has 0 saturated heterocycles. The van der Waals surface area contributed by atoms with Crippen LogP contribution in [0.25, 0.3) is 33.5 Å². The maximum atomic E-state index is 16.3. The van der Waals surface area contributed by atoms with E-state index >= 15 is 16.8 Å². The highest BCUT2D eigenvalue weighted by Crippen LogP contribution is 2.43. The van der Waals surface area contributed by atoms with Gasteiger partial charge in [-0.1, -0.05) is 54.6 Å². The van der Waals surface area contributed by atoms with Gasteiger partial charge in [0.25, 0.3) is 10.0 Å². The van der Waals surface area contributed by atoms with E-state index in [-0.39, 0.29) is 53.6 Å². The van der Waals surface area contributed by atoms with Crippen molar-refractivity contribution in [1.82, 2.24) is 44.5 Å². The molecule has 0 bridgehead atoms. The molecule has 0 aliphatic heterocycles. The van der Waals surface area contributed by atoms with Crippen molar-refractivity contribution in [2.45, 2.75) is 101 Å². The Hall–Kier alpha value is -8.09. The average Bonchev–Trinajstić information content (AvgIpc) is 4.05. The minimum atomic E-state index is -5.20. The van der Waals surface area contributed by atoms with Crippen molar-refractivity contribution in [3.05, 3.63) is 120 Å². The van der Waals surface area contributed by atoms with Crippen molar-refractivity contribution in [3.63, 3.8) is 0 Å². The molecule has 2 aromatic heterocycles. The van der Waals surface area contributed by atoms with Crippen LogP contribution in [0.15, 0.2) is 113 Å². The molecule has 1 unspecified atom stereocenters. The maximum absolute atomic E-state index is 16.3. The highest BCUT2D eigenvalue weighted by atomic mass is 32.2. The number of fused-ring (bicyclic) bond motifs is 1. The molecule has 7 aromatic rings. The number of carbonyl (C=O) groups excluding carboxylic acids is 2. The van der Waals surface area contributed by atoms with Crippen LogP contribution in [0.1, 0.15) is 71.6 Å². The van der Waals surface area contributed by atoms with Crippen LogP contribution < -0.4 is 29.1 Å². The smallest absolute Gasteiger partial charge is 0.414 e. The highest BCUT2D eigenvalue weighted by Gasteiger charge is 2.39. The van der Waals surface area contributed by atoms with E-state index < -0.39 is 71.5 Å². The molecular weight excluding hydrogens is 1020 g/mol. The molecular formula is C52H60N10O12S2. The van der Waals surface area contributed by atoms with Crippen molar-refractivity contribution in [1.29, 1.82) is 0 Å². The molecule has 0 radical (unpaired) electrons. The fourth-order valence-electron chi connectivity index (χ4n) is 8.13. The summed E-state index contributed by atoms with van der Waals surface area (Å²) in [7, 11) is -5.87. The third-order valence-corrected chi connectivity index (χ3v) is 15.0. The van der Waals surface area contributed by atoms with E-state index in [1.807, 2.05) is 4.72 Å². The molecule has 24 heteroatoms. The SMILES string of the molecule is COc1ccc(CN(Cc2ccc(OC)cc2)S(=O)(=O)c2c(S(=O)(=O)NC(=O)CC(C)NC(=O)OC(C)(C)C)ccc(-c3cccc4[nH]c(N(C(=O)O)C(C)(C)C)nc34)c2-c2nnn(Cc3ccc(OC)cc3)n2)cc1. The largest absolute Gasteiger partial charge is 0.497 e. The molecule has 0 spiro atoms. The summed E-state index contributed by atoms with van der Waals surface area (Å²) in [5, 5.41) is 26.3. The number of tetrazole rings is 1. The minimum Gasteiger partial charge on any atom is -0.497 e. The second-order valence-corrected chi connectivity index (χ2v) is 23.1. The van der Waals surface area contributed by atoms with Gasteiger partial charge in [0, 0.05) is 36.7 Å². The van der Waals surface area contributed by atoms with Crippen LogP contribution >= 0.6 is 0 Å². The van der Waals surface area contributed by atoms with Crippen LogP contribution in [0.5, 0.6) is 17.2 Å². The second kappa shape index (κ2) is 22.4. The number of anilines is 1. The Labute approximate surface area is 440 Å². The summed E-state index contributed by atoms with van der Waals surface area (Å²) in [6, 6.07) is 26.6. The van der Waals surface area contributed by atoms with Gasteiger partial charge in [0.1, 0.15) is 32.6 Å². The Kier molecular flexibility index (Phi) is 16.4. The fourth-order valence-corrected chi connectivity index (χ4v) is 11.5. The number of aromatic nitrogens is 6. The van der Waals surface area contributed by atoms with Gasteiger partial charge in [0.05, 0.1) is 44.5 Å². The molecule has 1 atom stereocenters. The number of imidazole rings is 1. The number of rotatable bonds is 19. The van der Waals surface area contributed by atoms with Crippen LogP contribution in [0.2, 0.25) is 0 Å². The number of hydrogen-bond acceptors (Lipinski definition) is 15. The molecule has 0 aliphatic carbocycles. The number of ether oxygens (including phenoxy) is 4. The standard InChI is InChI=1S/C52H60N10O12S2/c1-32(53-49(64)74-52(5,6)7)28-43(63)58-75(67,68)42-27-26-39(40-12-11-13-41-45(40)55-48(54-41)62(50(65)66)51(2,3)4)44(47-56-59-61(57-47)31-35-18-24-38(73-10)25-19-35)46(42)76(69,70)60(29-33-14-20-36(71-8)21-15-33)30-34-16-22-37(72-9)23-17-34/h11-27,32H,28-31H2,1-10H3,(H,53,64)(H,54,55)(H,58,63)(H,65,66). The number of alkyl carbamates (subject to hydrolysis) is 1. The Balaban J connectivity index is 1.51. The molecule has 0 aliphatic rings. The first-order valence-corrected chi connectivity index (χ1v) is 26.6. The number of nitrogens with zero attached hydrogens (tertiary/aromatic N) is 7. The first-order chi connectivity index (χ1) is 35.8. The predicted octanol–water partition coefficient (Wildman–Crippen LogP) is 7.74. The quantitative estimate of drug-likeness (QED) is 0.0602. The molecule has 76 heavy (non-hydrogen) atoms. The molecule has 5 aromatic carbocycles. The van der Waals surface area contributed by atoms with Gasteiger partial charge in [-0.3, -0.25) is 4.79 Å². The zero-order valence-electron chi connectivity index (χ0n) is 43.6. The number of para-hydroxylation sites is 1. The summed E-state index contributed by atoms with van der Waals surface area (Å²) in [6.45, 7) is 10.9. The lowest BCUT2D eigenvalue weighted by Crippen LogP contribution is -2.45. The zero-order valence-corrected chi connectivity index (χ0v) is 45.2. The van der Waals surface area contributed by atoms with Gasteiger partial charge in [-0.25, -0.2) is 41.0 Å². The number of nitrogens with one attached hydrogen (secondary N) is 3. The maximum Gasteiger partial charge on any atom is 0.414 e. The second-order valence-electron chi connectivity index (χ2n) is 19.6. The Bertz CT molecular complexity index is 3410. The van der Waals surface area contributed by atoms with Crippen molar-refractivity contribution in [2.24, 2.45) is 0 Å². The van der Waals surface area contributed by atoms with Gasteiger partial charge < -0.3 is 34.4 Å². The lowest BCUT2D eigenvalue weighted by molar-refractivity contribution is -0.119. The van der Waals surface area contributed by atoms with Gasteiger partial charge in [-0.2, -0.15) is 9.10 Å². The molecule has 22 nitrogen and oxygen atoms in total. The van der Waals surface area contributed by atoms with E-state index in [0.29, 0.717) is 39.5 Å². The topological polar surface area (TPSA) is 279 Å². The molecule has 4 N–H and O–H groups in total. The van der Waals surface area contributed by atoms with Gasteiger partial charge in [-0.15, -0.1) is 10.2 Å². The number of carboxylic acid groups (broad SMARTS) is 1. The lowest BCUT2D eigenvalue weighted by atomic mass is 9.98. The Morgan fingerprint density at radius 1 is 0.750 bits per heavy atom. The third kappa shape index (κ3) is 13.0. The summed E-state index contributed by atoms with van der Waals surface area (Å²) >= 11 is 0. The fraction of sp³-hybridized carbons (Fsp3) is 0.327. The van der Waals surface area contributed by atoms with E-state index in [1.165, 1.54) is 39.1 Å². The number of benzene rings is 5. The zero-order chi connectivity index (χ0) is 55.3. The molecule has 0 saturated carbocycles. The minimum absolute atomic E-state index is 0.0230. The summed E-state index contributed by atoms with van der Waals surface area (Å²) < 4.78 is 87.2. The van der Waals surface area contributed by atoms with Crippen molar-refractivity contribution < 1.29 is 55.3 Å². The number of carbonyl (C=O) groups is 3. The number of methoxy groups -OCH3 is 3. The van der Waals surface area contributed by atoms with Gasteiger partial charge in [0.2, 0.25) is 27.7 Å². The predicted molar refractivity (Wildman–Crippen MR) is 282 cm³/mol. The molecule has 2 heterocycles. The van der Waals surface area contributed by atoms with Crippen molar-refractivity contribution >= 4 is 55.1 Å². The molecule has 402 valence electrons. The van der Waals surface area contributed by atoms with Crippen LogP contribution in [0.3, 0.4) is 0 Å². The monoisotopic (exact) mass is 1080 g/mol. The number of aromatic amines is 1. The summed E-state index contributed by atoms with van der Waals surface area (Å²) in [6.07, 6.45) is -2.72.